The SMILES string of the molecule is CCCCOc1ccc(NC(=O)N[C@@H](COCc2ccccc2)C(=O)NCCc2ccccc2)cc1. The van der Waals surface area contributed by atoms with E-state index in [9.17, 15) is 9.59 Å². The van der Waals surface area contributed by atoms with E-state index in [1.807, 2.05) is 72.8 Å². The summed E-state index contributed by atoms with van der Waals surface area (Å²) in [5.74, 6) is 0.452. The van der Waals surface area contributed by atoms with E-state index >= 15 is 0 Å². The van der Waals surface area contributed by atoms with Crippen molar-refractivity contribution >= 4 is 17.6 Å². The third-order valence-electron chi connectivity index (χ3n) is 5.45. The van der Waals surface area contributed by atoms with Crippen molar-refractivity contribution in [2.24, 2.45) is 0 Å². The lowest BCUT2D eigenvalue weighted by Gasteiger charge is -2.19. The number of rotatable bonds is 14. The minimum Gasteiger partial charge on any atom is -0.494 e. The number of hydrogen-bond donors (Lipinski definition) is 3. The molecule has 0 saturated carbocycles. The van der Waals surface area contributed by atoms with Crippen LogP contribution in [0.2, 0.25) is 0 Å². The number of carbonyl (C=O) groups is 2. The Hall–Kier alpha value is -3.84. The third kappa shape index (κ3) is 9.80. The zero-order valence-corrected chi connectivity index (χ0v) is 20.7. The molecular formula is C29H35N3O4. The molecule has 0 saturated heterocycles. The lowest BCUT2D eigenvalue weighted by molar-refractivity contribution is -0.124. The van der Waals surface area contributed by atoms with E-state index in [1.165, 1.54) is 0 Å². The van der Waals surface area contributed by atoms with Crippen molar-refractivity contribution in [3.63, 3.8) is 0 Å². The Morgan fingerprint density at radius 1 is 0.861 bits per heavy atom. The predicted molar refractivity (Wildman–Crippen MR) is 142 cm³/mol. The fourth-order valence-corrected chi connectivity index (χ4v) is 3.44. The van der Waals surface area contributed by atoms with Crippen molar-refractivity contribution in [1.29, 1.82) is 0 Å². The van der Waals surface area contributed by atoms with Crippen LogP contribution in [-0.2, 0) is 22.6 Å². The summed E-state index contributed by atoms with van der Waals surface area (Å²) in [7, 11) is 0. The molecule has 0 bridgehead atoms. The van der Waals surface area contributed by atoms with Gasteiger partial charge in [0.05, 0.1) is 19.8 Å². The van der Waals surface area contributed by atoms with Crippen LogP contribution in [0.1, 0.15) is 30.9 Å². The van der Waals surface area contributed by atoms with Gasteiger partial charge in [0.15, 0.2) is 0 Å². The van der Waals surface area contributed by atoms with Crippen LogP contribution in [0.4, 0.5) is 10.5 Å². The van der Waals surface area contributed by atoms with Gasteiger partial charge in [-0.1, -0.05) is 74.0 Å². The van der Waals surface area contributed by atoms with E-state index in [0.29, 0.717) is 31.9 Å². The average Bonchev–Trinajstić information content (AvgIpc) is 2.90. The number of unbranched alkanes of at least 4 members (excludes halogenated alkanes) is 1. The lowest BCUT2D eigenvalue weighted by Crippen LogP contribution is -2.51. The second-order valence-corrected chi connectivity index (χ2v) is 8.40. The van der Waals surface area contributed by atoms with Crippen LogP contribution in [-0.4, -0.2) is 37.7 Å². The Labute approximate surface area is 213 Å². The first-order valence-corrected chi connectivity index (χ1v) is 12.4. The van der Waals surface area contributed by atoms with E-state index in [1.54, 1.807) is 12.1 Å². The smallest absolute Gasteiger partial charge is 0.319 e. The van der Waals surface area contributed by atoms with Crippen molar-refractivity contribution < 1.29 is 19.1 Å². The normalized spacial score (nSPS) is 11.4. The van der Waals surface area contributed by atoms with Gasteiger partial charge in [0.1, 0.15) is 11.8 Å². The molecule has 36 heavy (non-hydrogen) atoms. The van der Waals surface area contributed by atoms with E-state index in [-0.39, 0.29) is 12.5 Å². The Morgan fingerprint density at radius 2 is 1.53 bits per heavy atom. The maximum absolute atomic E-state index is 12.9. The van der Waals surface area contributed by atoms with Crippen LogP contribution in [0.15, 0.2) is 84.9 Å². The maximum Gasteiger partial charge on any atom is 0.319 e. The molecule has 1 atom stereocenters. The van der Waals surface area contributed by atoms with Crippen LogP contribution < -0.4 is 20.7 Å². The molecule has 0 aliphatic heterocycles. The van der Waals surface area contributed by atoms with Crippen LogP contribution >= 0.6 is 0 Å². The van der Waals surface area contributed by atoms with Gasteiger partial charge in [0, 0.05) is 12.2 Å². The molecule has 3 aromatic carbocycles. The molecule has 0 aliphatic carbocycles. The van der Waals surface area contributed by atoms with Gasteiger partial charge >= 0.3 is 6.03 Å². The highest BCUT2D eigenvalue weighted by Crippen LogP contribution is 2.16. The molecule has 0 unspecified atom stereocenters. The molecule has 3 N–H and O–H groups in total. The van der Waals surface area contributed by atoms with E-state index in [4.69, 9.17) is 9.47 Å². The molecule has 190 valence electrons. The fraction of sp³-hybridized carbons (Fsp3) is 0.310. The van der Waals surface area contributed by atoms with Crippen LogP contribution in [0.3, 0.4) is 0 Å². The number of urea groups is 1. The second kappa shape index (κ2) is 15.2. The largest absolute Gasteiger partial charge is 0.494 e. The first-order valence-electron chi connectivity index (χ1n) is 12.4. The van der Waals surface area contributed by atoms with Gasteiger partial charge in [-0.3, -0.25) is 4.79 Å². The summed E-state index contributed by atoms with van der Waals surface area (Å²) in [5, 5.41) is 8.41. The number of amides is 3. The van der Waals surface area contributed by atoms with Crippen LogP contribution in [0, 0.1) is 0 Å². The number of carbonyl (C=O) groups excluding carboxylic acids is 2. The van der Waals surface area contributed by atoms with Gasteiger partial charge < -0.3 is 25.4 Å². The van der Waals surface area contributed by atoms with Gasteiger partial charge in [0.2, 0.25) is 5.91 Å². The van der Waals surface area contributed by atoms with Gasteiger partial charge in [0.25, 0.3) is 0 Å². The number of nitrogens with one attached hydrogen (secondary N) is 3. The summed E-state index contributed by atoms with van der Waals surface area (Å²) in [5.41, 5.74) is 2.72. The molecule has 0 aliphatic rings. The summed E-state index contributed by atoms with van der Waals surface area (Å²) in [6.45, 7) is 3.62. The highest BCUT2D eigenvalue weighted by Gasteiger charge is 2.21. The minimum atomic E-state index is -0.846. The molecule has 7 nitrogen and oxygen atoms in total. The number of benzene rings is 3. The Kier molecular flexibility index (Phi) is 11.3. The topological polar surface area (TPSA) is 88.7 Å². The van der Waals surface area contributed by atoms with Crippen molar-refractivity contribution in [3.8, 4) is 5.75 Å². The van der Waals surface area contributed by atoms with Gasteiger partial charge in [-0.15, -0.1) is 0 Å². The first kappa shape index (κ1) is 26.8. The van der Waals surface area contributed by atoms with E-state index in [0.717, 1.165) is 29.7 Å². The molecule has 3 amide bonds. The average molecular weight is 490 g/mol. The zero-order valence-electron chi connectivity index (χ0n) is 20.7. The summed E-state index contributed by atoms with van der Waals surface area (Å²) >= 11 is 0. The van der Waals surface area contributed by atoms with Crippen LogP contribution in [0.5, 0.6) is 5.75 Å². The first-order chi connectivity index (χ1) is 17.6. The molecule has 0 spiro atoms. The fourth-order valence-electron chi connectivity index (χ4n) is 3.44. The Balaban J connectivity index is 1.53. The monoisotopic (exact) mass is 489 g/mol. The number of anilines is 1. The van der Waals surface area contributed by atoms with Gasteiger partial charge in [-0.05, 0) is 48.2 Å². The van der Waals surface area contributed by atoms with E-state index in [2.05, 4.69) is 22.9 Å². The standard InChI is InChI=1S/C29H35N3O4/c1-2-3-20-36-26-16-14-25(15-17-26)31-29(34)32-27(22-35-21-24-12-8-5-9-13-24)28(33)30-19-18-23-10-6-4-7-11-23/h4-17,27H,2-3,18-22H2,1H3,(H,30,33)(H2,31,32,34)/t27-/m0/s1. The molecular weight excluding hydrogens is 454 g/mol. The molecule has 7 heteroatoms. The zero-order chi connectivity index (χ0) is 25.4. The lowest BCUT2D eigenvalue weighted by atomic mass is 10.1. The molecule has 3 aromatic rings. The highest BCUT2D eigenvalue weighted by molar-refractivity contribution is 5.93. The summed E-state index contributed by atoms with van der Waals surface area (Å²) < 4.78 is 11.4. The van der Waals surface area contributed by atoms with Crippen molar-refractivity contribution in [2.75, 3.05) is 25.1 Å². The molecule has 0 heterocycles. The molecule has 0 aromatic heterocycles. The molecule has 3 rings (SSSR count). The van der Waals surface area contributed by atoms with E-state index < -0.39 is 12.1 Å². The van der Waals surface area contributed by atoms with Crippen molar-refractivity contribution in [3.05, 3.63) is 96.1 Å². The maximum atomic E-state index is 12.9. The third-order valence-corrected chi connectivity index (χ3v) is 5.45. The van der Waals surface area contributed by atoms with Gasteiger partial charge in [-0.25, -0.2) is 4.79 Å². The molecule has 0 fully saturated rings. The number of ether oxygens (including phenoxy) is 2. The van der Waals surface area contributed by atoms with Crippen LogP contribution in [0.25, 0.3) is 0 Å². The second-order valence-electron chi connectivity index (χ2n) is 8.40. The quantitative estimate of drug-likeness (QED) is 0.280. The Bertz CT molecular complexity index is 1040. The summed E-state index contributed by atoms with van der Waals surface area (Å²) in [6, 6.07) is 25.4. The highest BCUT2D eigenvalue weighted by atomic mass is 16.5. The summed E-state index contributed by atoms with van der Waals surface area (Å²) in [6.07, 6.45) is 2.75. The number of hydrogen-bond acceptors (Lipinski definition) is 4. The molecule has 0 radical (unpaired) electrons. The van der Waals surface area contributed by atoms with Crippen molar-refractivity contribution in [2.45, 2.75) is 38.8 Å². The van der Waals surface area contributed by atoms with Crippen molar-refractivity contribution in [1.82, 2.24) is 10.6 Å². The minimum absolute atomic E-state index is 0.0453. The summed E-state index contributed by atoms with van der Waals surface area (Å²) in [4.78, 5) is 25.5. The predicted octanol–water partition coefficient (Wildman–Crippen LogP) is 4.93. The van der Waals surface area contributed by atoms with Gasteiger partial charge in [-0.2, -0.15) is 0 Å². The Morgan fingerprint density at radius 3 is 2.19 bits per heavy atom.